The predicted molar refractivity (Wildman–Crippen MR) is 83.7 cm³/mol. The van der Waals surface area contributed by atoms with Gasteiger partial charge in [0.1, 0.15) is 18.5 Å². The van der Waals surface area contributed by atoms with Crippen LogP contribution >= 0.6 is 11.6 Å². The van der Waals surface area contributed by atoms with Crippen LogP contribution in [0.15, 0.2) is 24.3 Å². The van der Waals surface area contributed by atoms with Gasteiger partial charge in [0.2, 0.25) is 5.91 Å². The molecule has 0 radical (unpaired) electrons. The zero-order chi connectivity index (χ0) is 15.8. The molecule has 0 saturated carbocycles. The van der Waals surface area contributed by atoms with Crippen molar-refractivity contribution >= 4 is 17.5 Å². The Labute approximate surface area is 130 Å². The van der Waals surface area contributed by atoms with Crippen molar-refractivity contribution in [3.05, 3.63) is 29.3 Å². The molecule has 1 amide bonds. The molecule has 0 aliphatic heterocycles. The van der Waals surface area contributed by atoms with E-state index in [1.165, 1.54) is 0 Å². The standard InChI is InChI=1S/C15H23ClN2O3/c1-11(2)17-15(20)9-18(3)8-13(19)10-21-14-6-4-12(16)5-7-14/h4-7,11,13,19H,8-10H2,1-3H3,(H,17,20)/t13-/m1/s1. The van der Waals surface area contributed by atoms with Crippen molar-refractivity contribution in [2.75, 3.05) is 26.7 Å². The smallest absolute Gasteiger partial charge is 0.234 e. The van der Waals surface area contributed by atoms with Crippen LogP contribution in [-0.2, 0) is 4.79 Å². The Bertz CT molecular complexity index is 437. The number of likely N-dealkylation sites (N-methyl/N-ethyl adjacent to an activating group) is 1. The summed E-state index contributed by atoms with van der Waals surface area (Å²) in [5, 5.41) is 13.3. The van der Waals surface area contributed by atoms with Gasteiger partial charge in [0.05, 0.1) is 6.54 Å². The Balaban J connectivity index is 2.27. The maximum Gasteiger partial charge on any atom is 0.234 e. The highest BCUT2D eigenvalue weighted by Gasteiger charge is 2.12. The number of hydrogen-bond donors (Lipinski definition) is 2. The second kappa shape index (κ2) is 8.87. The number of aliphatic hydroxyl groups excluding tert-OH is 1. The van der Waals surface area contributed by atoms with Crippen molar-refractivity contribution in [2.45, 2.75) is 26.0 Å². The number of hydrogen-bond acceptors (Lipinski definition) is 4. The van der Waals surface area contributed by atoms with Crippen molar-refractivity contribution in [1.29, 1.82) is 0 Å². The first-order valence-electron chi connectivity index (χ1n) is 6.91. The van der Waals surface area contributed by atoms with Gasteiger partial charge in [0.15, 0.2) is 0 Å². The number of carbonyl (C=O) groups excluding carboxylic acids is 1. The zero-order valence-corrected chi connectivity index (χ0v) is 13.4. The Hall–Kier alpha value is -1.30. The molecular weight excluding hydrogens is 292 g/mol. The van der Waals surface area contributed by atoms with Gasteiger partial charge in [0.25, 0.3) is 0 Å². The van der Waals surface area contributed by atoms with Crippen LogP contribution in [0.4, 0.5) is 0 Å². The van der Waals surface area contributed by atoms with E-state index in [0.717, 1.165) is 0 Å². The van der Waals surface area contributed by atoms with Crippen LogP contribution in [0, 0.1) is 0 Å². The van der Waals surface area contributed by atoms with Crippen LogP contribution in [0.25, 0.3) is 0 Å². The van der Waals surface area contributed by atoms with E-state index in [1.54, 1.807) is 36.2 Å². The lowest BCUT2D eigenvalue weighted by atomic mass is 10.3. The molecule has 5 nitrogen and oxygen atoms in total. The zero-order valence-electron chi connectivity index (χ0n) is 12.7. The molecule has 1 atom stereocenters. The lowest BCUT2D eigenvalue weighted by molar-refractivity contribution is -0.122. The van der Waals surface area contributed by atoms with Crippen LogP contribution < -0.4 is 10.1 Å². The number of benzene rings is 1. The van der Waals surface area contributed by atoms with Gasteiger partial charge in [0, 0.05) is 17.6 Å². The molecule has 1 aromatic carbocycles. The number of nitrogens with one attached hydrogen (secondary N) is 1. The van der Waals surface area contributed by atoms with E-state index in [-0.39, 0.29) is 25.1 Å². The average Bonchev–Trinajstić information content (AvgIpc) is 2.36. The number of carbonyl (C=O) groups is 1. The predicted octanol–water partition coefficient (Wildman–Crippen LogP) is 1.54. The fourth-order valence-electron chi connectivity index (χ4n) is 1.81. The van der Waals surface area contributed by atoms with Gasteiger partial charge in [-0.25, -0.2) is 0 Å². The molecule has 0 fully saturated rings. The number of rotatable bonds is 8. The van der Waals surface area contributed by atoms with E-state index < -0.39 is 6.10 Å². The van der Waals surface area contributed by atoms with E-state index in [9.17, 15) is 9.90 Å². The molecular formula is C15H23ClN2O3. The third kappa shape index (κ3) is 7.90. The topological polar surface area (TPSA) is 61.8 Å². The third-order valence-corrected chi connectivity index (χ3v) is 2.89. The van der Waals surface area contributed by atoms with Gasteiger partial charge in [-0.2, -0.15) is 0 Å². The summed E-state index contributed by atoms with van der Waals surface area (Å²) in [5.74, 6) is 0.594. The quantitative estimate of drug-likeness (QED) is 0.764. The number of ether oxygens (including phenoxy) is 1. The summed E-state index contributed by atoms with van der Waals surface area (Å²) in [6, 6.07) is 7.06. The van der Waals surface area contributed by atoms with E-state index >= 15 is 0 Å². The normalized spacial score (nSPS) is 12.5. The second-order valence-electron chi connectivity index (χ2n) is 5.34. The minimum atomic E-state index is -0.669. The van der Waals surface area contributed by atoms with Gasteiger partial charge in [-0.15, -0.1) is 0 Å². The Kier molecular flexibility index (Phi) is 7.50. The SMILES string of the molecule is CC(C)NC(=O)CN(C)C[C@@H](O)COc1ccc(Cl)cc1. The molecule has 6 heteroatoms. The molecule has 0 bridgehead atoms. The van der Waals surface area contributed by atoms with E-state index in [0.29, 0.717) is 17.3 Å². The van der Waals surface area contributed by atoms with Gasteiger partial charge in [-0.05, 0) is 45.2 Å². The first kappa shape index (κ1) is 17.8. The summed E-state index contributed by atoms with van der Waals surface area (Å²) >= 11 is 5.78. The molecule has 0 heterocycles. The van der Waals surface area contributed by atoms with Crippen molar-refractivity contribution < 1.29 is 14.6 Å². The summed E-state index contributed by atoms with van der Waals surface area (Å²) in [6.45, 7) is 4.59. The van der Waals surface area contributed by atoms with Gasteiger partial charge < -0.3 is 15.2 Å². The van der Waals surface area contributed by atoms with Crippen LogP contribution in [0.5, 0.6) is 5.75 Å². The molecule has 0 spiro atoms. The number of aliphatic hydroxyl groups is 1. The van der Waals surface area contributed by atoms with Crippen LogP contribution in [0.2, 0.25) is 5.02 Å². The van der Waals surface area contributed by atoms with E-state index in [4.69, 9.17) is 16.3 Å². The molecule has 0 aliphatic carbocycles. The lowest BCUT2D eigenvalue weighted by Crippen LogP contribution is -2.42. The van der Waals surface area contributed by atoms with Gasteiger partial charge >= 0.3 is 0 Å². The first-order chi connectivity index (χ1) is 9.86. The fraction of sp³-hybridized carbons (Fsp3) is 0.533. The highest BCUT2D eigenvalue weighted by atomic mass is 35.5. The van der Waals surface area contributed by atoms with Crippen molar-refractivity contribution in [1.82, 2.24) is 10.2 Å². The molecule has 0 unspecified atom stereocenters. The second-order valence-corrected chi connectivity index (χ2v) is 5.77. The lowest BCUT2D eigenvalue weighted by Gasteiger charge is -2.21. The molecule has 21 heavy (non-hydrogen) atoms. The maximum atomic E-state index is 11.6. The Morgan fingerprint density at radius 3 is 2.57 bits per heavy atom. The van der Waals surface area contributed by atoms with Gasteiger partial charge in [-0.1, -0.05) is 11.6 Å². The van der Waals surface area contributed by atoms with Crippen LogP contribution in [-0.4, -0.2) is 54.8 Å². The van der Waals surface area contributed by atoms with Crippen LogP contribution in [0.3, 0.4) is 0 Å². The number of halogens is 1. The number of nitrogens with zero attached hydrogens (tertiary/aromatic N) is 1. The first-order valence-corrected chi connectivity index (χ1v) is 7.29. The van der Waals surface area contributed by atoms with Crippen LogP contribution in [0.1, 0.15) is 13.8 Å². The van der Waals surface area contributed by atoms with Crippen molar-refractivity contribution in [2.24, 2.45) is 0 Å². The summed E-state index contributed by atoms with van der Waals surface area (Å²) in [4.78, 5) is 13.3. The van der Waals surface area contributed by atoms with E-state index in [2.05, 4.69) is 5.32 Å². The monoisotopic (exact) mass is 314 g/mol. The fourth-order valence-corrected chi connectivity index (χ4v) is 1.94. The summed E-state index contributed by atoms with van der Waals surface area (Å²) < 4.78 is 5.46. The largest absolute Gasteiger partial charge is 0.491 e. The van der Waals surface area contributed by atoms with E-state index in [1.807, 2.05) is 13.8 Å². The molecule has 118 valence electrons. The highest BCUT2D eigenvalue weighted by molar-refractivity contribution is 6.30. The summed E-state index contributed by atoms with van der Waals surface area (Å²) in [7, 11) is 1.78. The minimum absolute atomic E-state index is 0.0571. The molecule has 1 aromatic rings. The maximum absolute atomic E-state index is 11.6. The van der Waals surface area contributed by atoms with Crippen molar-refractivity contribution in [3.8, 4) is 5.75 Å². The third-order valence-electron chi connectivity index (χ3n) is 2.64. The molecule has 0 aliphatic rings. The molecule has 2 N–H and O–H groups in total. The summed E-state index contributed by atoms with van der Waals surface area (Å²) in [5.41, 5.74) is 0. The molecule has 1 rings (SSSR count). The Morgan fingerprint density at radius 2 is 2.00 bits per heavy atom. The molecule has 0 saturated heterocycles. The number of amides is 1. The highest BCUT2D eigenvalue weighted by Crippen LogP contribution is 2.15. The Morgan fingerprint density at radius 1 is 1.38 bits per heavy atom. The summed E-state index contributed by atoms with van der Waals surface area (Å²) in [6.07, 6.45) is -0.669. The molecule has 0 aromatic heterocycles. The van der Waals surface area contributed by atoms with Crippen molar-refractivity contribution in [3.63, 3.8) is 0 Å². The average molecular weight is 315 g/mol. The van der Waals surface area contributed by atoms with Gasteiger partial charge in [-0.3, -0.25) is 9.69 Å². The minimum Gasteiger partial charge on any atom is -0.491 e.